The molecule has 0 amide bonds. The van der Waals surface area contributed by atoms with E-state index in [0.717, 1.165) is 24.4 Å². The van der Waals surface area contributed by atoms with E-state index in [1.807, 2.05) is 6.07 Å². The Morgan fingerprint density at radius 1 is 1.29 bits per heavy atom. The van der Waals surface area contributed by atoms with Gasteiger partial charge in [-0.3, -0.25) is 0 Å². The Labute approximate surface area is 126 Å². The normalized spacial score (nSPS) is 27.9. The first kappa shape index (κ1) is 14.6. The van der Waals surface area contributed by atoms with Gasteiger partial charge in [0.05, 0.1) is 7.11 Å². The minimum atomic E-state index is -0.195. The fraction of sp³-hybridized carbons (Fsp3) is 0.556. The molecule has 1 saturated carbocycles. The van der Waals surface area contributed by atoms with Crippen molar-refractivity contribution in [1.82, 2.24) is 4.90 Å². The standard InChI is InChI=1S/C18H24FNO/c1-20(2)11-18-13-5-4-12(6-13)7-17(18)14-8-15(19)10-16(9-14)21-3/h5,8-10,12,17-18H,4,6-7,11H2,1-3H3. The average Bonchev–Trinajstić information content (AvgIpc) is 2.83. The summed E-state index contributed by atoms with van der Waals surface area (Å²) in [6.07, 6.45) is 6.02. The van der Waals surface area contributed by atoms with Crippen LogP contribution < -0.4 is 4.74 Å². The number of methoxy groups -OCH3 is 1. The molecule has 2 bridgehead atoms. The molecule has 3 atom stereocenters. The number of benzene rings is 1. The van der Waals surface area contributed by atoms with E-state index in [1.165, 1.54) is 18.9 Å². The van der Waals surface area contributed by atoms with Crippen molar-refractivity contribution < 1.29 is 9.13 Å². The Bertz CT molecular complexity index is 552. The van der Waals surface area contributed by atoms with Gasteiger partial charge in [0, 0.05) is 12.6 Å². The van der Waals surface area contributed by atoms with E-state index in [0.29, 0.717) is 17.6 Å². The Hall–Kier alpha value is -1.35. The van der Waals surface area contributed by atoms with E-state index in [1.54, 1.807) is 18.7 Å². The van der Waals surface area contributed by atoms with Gasteiger partial charge in [0.2, 0.25) is 0 Å². The lowest BCUT2D eigenvalue weighted by Gasteiger charge is -2.36. The van der Waals surface area contributed by atoms with Crippen molar-refractivity contribution in [2.75, 3.05) is 27.7 Å². The highest BCUT2D eigenvalue weighted by molar-refractivity contribution is 5.35. The van der Waals surface area contributed by atoms with Gasteiger partial charge < -0.3 is 9.64 Å². The van der Waals surface area contributed by atoms with Crippen molar-refractivity contribution in [2.24, 2.45) is 11.8 Å². The molecule has 1 aromatic carbocycles. The van der Waals surface area contributed by atoms with Crippen LogP contribution in [0.3, 0.4) is 0 Å². The van der Waals surface area contributed by atoms with Crippen LogP contribution in [-0.2, 0) is 0 Å². The Kier molecular flexibility index (Phi) is 4.03. The number of nitrogens with zero attached hydrogens (tertiary/aromatic N) is 1. The molecule has 3 heteroatoms. The quantitative estimate of drug-likeness (QED) is 0.781. The highest BCUT2D eigenvalue weighted by atomic mass is 19.1. The molecule has 0 saturated heterocycles. The first-order valence-electron chi connectivity index (χ1n) is 7.75. The summed E-state index contributed by atoms with van der Waals surface area (Å²) in [6, 6.07) is 5.17. The molecule has 0 N–H and O–H groups in total. The summed E-state index contributed by atoms with van der Waals surface area (Å²) in [5.74, 6) is 2.09. The predicted octanol–water partition coefficient (Wildman–Crippen LogP) is 3.84. The van der Waals surface area contributed by atoms with Gasteiger partial charge in [-0.15, -0.1) is 0 Å². The molecule has 1 aromatic rings. The Morgan fingerprint density at radius 3 is 2.81 bits per heavy atom. The van der Waals surface area contributed by atoms with Gasteiger partial charge in [0.15, 0.2) is 0 Å². The summed E-state index contributed by atoms with van der Waals surface area (Å²) in [5.41, 5.74) is 2.67. The number of allylic oxidation sites excluding steroid dienone is 1. The number of hydrogen-bond donors (Lipinski definition) is 0. The third-order valence-corrected chi connectivity index (χ3v) is 4.91. The number of halogens is 1. The van der Waals surface area contributed by atoms with Gasteiger partial charge >= 0.3 is 0 Å². The number of rotatable bonds is 4. The largest absolute Gasteiger partial charge is 0.497 e. The van der Waals surface area contributed by atoms with Crippen molar-refractivity contribution in [2.45, 2.75) is 25.2 Å². The van der Waals surface area contributed by atoms with Crippen LogP contribution in [0.1, 0.15) is 30.7 Å². The van der Waals surface area contributed by atoms with Crippen LogP contribution in [0.25, 0.3) is 0 Å². The lowest BCUT2D eigenvalue weighted by atomic mass is 9.71. The first-order valence-corrected chi connectivity index (χ1v) is 7.75. The first-order chi connectivity index (χ1) is 10.1. The molecular weight excluding hydrogens is 265 g/mol. The monoisotopic (exact) mass is 289 g/mol. The molecule has 2 aliphatic carbocycles. The molecule has 3 rings (SSSR count). The second-order valence-corrected chi connectivity index (χ2v) is 6.72. The van der Waals surface area contributed by atoms with Crippen molar-refractivity contribution in [1.29, 1.82) is 0 Å². The molecular formula is C18H24FNO. The molecule has 0 aliphatic heterocycles. The number of ether oxygens (including phenoxy) is 1. The van der Waals surface area contributed by atoms with Crippen molar-refractivity contribution in [3.8, 4) is 5.75 Å². The molecule has 1 fully saturated rings. The summed E-state index contributed by atoms with van der Waals surface area (Å²) in [4.78, 5) is 2.24. The van der Waals surface area contributed by atoms with Gasteiger partial charge in [0.25, 0.3) is 0 Å². The van der Waals surface area contributed by atoms with Crippen molar-refractivity contribution in [3.05, 3.63) is 41.2 Å². The zero-order chi connectivity index (χ0) is 15.0. The maximum atomic E-state index is 13.9. The number of hydrogen-bond acceptors (Lipinski definition) is 2. The Balaban J connectivity index is 1.94. The molecule has 2 nitrogen and oxygen atoms in total. The molecule has 0 heterocycles. The smallest absolute Gasteiger partial charge is 0.127 e. The Morgan fingerprint density at radius 2 is 2.10 bits per heavy atom. The minimum absolute atomic E-state index is 0.195. The van der Waals surface area contributed by atoms with Crippen LogP contribution in [0.15, 0.2) is 29.8 Å². The van der Waals surface area contributed by atoms with Crippen LogP contribution in [0, 0.1) is 17.7 Å². The van der Waals surface area contributed by atoms with Crippen molar-refractivity contribution >= 4 is 0 Å². The SMILES string of the molecule is COc1cc(F)cc(C2CC3CC=C(C3)C2CN(C)C)c1. The van der Waals surface area contributed by atoms with E-state index in [-0.39, 0.29) is 5.82 Å². The zero-order valence-electron chi connectivity index (χ0n) is 13.1. The highest BCUT2D eigenvalue weighted by Gasteiger charge is 2.37. The van der Waals surface area contributed by atoms with Gasteiger partial charge in [-0.05, 0) is 68.8 Å². The highest BCUT2D eigenvalue weighted by Crippen LogP contribution is 2.49. The lowest BCUT2D eigenvalue weighted by Crippen LogP contribution is -2.31. The summed E-state index contributed by atoms with van der Waals surface area (Å²) >= 11 is 0. The van der Waals surface area contributed by atoms with Crippen molar-refractivity contribution in [3.63, 3.8) is 0 Å². The molecule has 0 aromatic heterocycles. The maximum absolute atomic E-state index is 13.9. The summed E-state index contributed by atoms with van der Waals surface area (Å²) in [5, 5.41) is 0. The van der Waals surface area contributed by atoms with Gasteiger partial charge in [-0.1, -0.05) is 11.6 Å². The van der Waals surface area contributed by atoms with Gasteiger partial charge in [0.1, 0.15) is 11.6 Å². The summed E-state index contributed by atoms with van der Waals surface area (Å²) in [6.45, 7) is 1.03. The second kappa shape index (κ2) is 5.80. The minimum Gasteiger partial charge on any atom is -0.497 e. The number of fused-ring (bicyclic) bond motifs is 2. The van der Waals surface area contributed by atoms with E-state index < -0.39 is 0 Å². The fourth-order valence-electron chi connectivity index (χ4n) is 4.00. The molecule has 0 spiro atoms. The molecule has 3 unspecified atom stereocenters. The van der Waals surface area contributed by atoms with Crippen LogP contribution in [-0.4, -0.2) is 32.6 Å². The zero-order valence-corrected chi connectivity index (χ0v) is 13.1. The van der Waals surface area contributed by atoms with Crippen LogP contribution >= 0.6 is 0 Å². The van der Waals surface area contributed by atoms with Gasteiger partial charge in [-0.2, -0.15) is 0 Å². The molecule has 2 aliphatic rings. The maximum Gasteiger partial charge on any atom is 0.127 e. The fourth-order valence-corrected chi connectivity index (χ4v) is 4.00. The average molecular weight is 289 g/mol. The summed E-state index contributed by atoms with van der Waals surface area (Å²) < 4.78 is 19.1. The summed E-state index contributed by atoms with van der Waals surface area (Å²) in [7, 11) is 5.83. The second-order valence-electron chi connectivity index (χ2n) is 6.72. The van der Waals surface area contributed by atoms with Crippen LogP contribution in [0.2, 0.25) is 0 Å². The molecule has 114 valence electrons. The third kappa shape index (κ3) is 2.98. The van der Waals surface area contributed by atoms with E-state index in [9.17, 15) is 4.39 Å². The molecule has 21 heavy (non-hydrogen) atoms. The lowest BCUT2D eigenvalue weighted by molar-refractivity contribution is 0.261. The predicted molar refractivity (Wildman–Crippen MR) is 83.2 cm³/mol. The van der Waals surface area contributed by atoms with E-state index in [4.69, 9.17) is 4.74 Å². The van der Waals surface area contributed by atoms with Gasteiger partial charge in [-0.25, -0.2) is 4.39 Å². The third-order valence-electron chi connectivity index (χ3n) is 4.91. The topological polar surface area (TPSA) is 12.5 Å². The van der Waals surface area contributed by atoms with Crippen LogP contribution in [0.5, 0.6) is 5.75 Å². The molecule has 0 radical (unpaired) electrons. The van der Waals surface area contributed by atoms with E-state index in [2.05, 4.69) is 25.1 Å². The van der Waals surface area contributed by atoms with Crippen LogP contribution in [0.4, 0.5) is 4.39 Å². The van der Waals surface area contributed by atoms with E-state index >= 15 is 0 Å².